The lowest BCUT2D eigenvalue weighted by molar-refractivity contribution is 0.0206. The van der Waals surface area contributed by atoms with E-state index >= 15 is 0 Å². The molecule has 0 bridgehead atoms. The first-order valence-corrected chi connectivity index (χ1v) is 8.46. The zero-order valence-corrected chi connectivity index (χ0v) is 13.6. The fourth-order valence-corrected chi connectivity index (χ4v) is 3.91. The molecule has 0 spiro atoms. The molecule has 9 heteroatoms. The highest BCUT2D eigenvalue weighted by Gasteiger charge is 2.28. The molecule has 1 aromatic rings. The topological polar surface area (TPSA) is 58.6 Å². The zero-order chi connectivity index (χ0) is 15.6. The molecular weight excluding hydrogens is 342 g/mol. The van der Waals surface area contributed by atoms with E-state index in [4.69, 9.17) is 27.9 Å². The van der Waals surface area contributed by atoms with E-state index in [1.807, 2.05) is 0 Å². The molecule has 1 aromatic carbocycles. The number of ether oxygens (including phenoxy) is 1. The van der Waals surface area contributed by atoms with Crippen molar-refractivity contribution in [3.05, 3.63) is 28.0 Å². The Labute approximate surface area is 133 Å². The molecule has 0 aliphatic carbocycles. The van der Waals surface area contributed by atoms with E-state index in [9.17, 15) is 12.8 Å². The van der Waals surface area contributed by atoms with Crippen molar-refractivity contribution < 1.29 is 17.5 Å². The lowest BCUT2D eigenvalue weighted by Gasteiger charge is -2.27. The number of rotatable bonds is 4. The average Bonchev–Trinajstić information content (AvgIpc) is 2.45. The maximum absolute atomic E-state index is 13.7. The number of likely N-dealkylation sites (N-methyl/N-ethyl adjacent to an activating group) is 1. The molecule has 1 unspecified atom stereocenters. The van der Waals surface area contributed by atoms with E-state index in [1.54, 1.807) is 0 Å². The van der Waals surface area contributed by atoms with Crippen LogP contribution in [0.1, 0.15) is 0 Å². The molecule has 5 nitrogen and oxygen atoms in total. The van der Waals surface area contributed by atoms with Crippen LogP contribution in [0.3, 0.4) is 0 Å². The SMILES string of the molecule is CN(CC1CNCCO1)S(=O)(=O)c1ccc(Cl)c(F)c1Cl. The highest BCUT2D eigenvalue weighted by Crippen LogP contribution is 2.31. The Balaban J connectivity index is 2.22. The average molecular weight is 357 g/mol. The largest absolute Gasteiger partial charge is 0.374 e. The van der Waals surface area contributed by atoms with E-state index < -0.39 is 20.9 Å². The maximum atomic E-state index is 13.7. The van der Waals surface area contributed by atoms with Crippen molar-refractivity contribution in [1.82, 2.24) is 9.62 Å². The van der Waals surface area contributed by atoms with Crippen molar-refractivity contribution in [2.75, 3.05) is 33.3 Å². The number of nitrogens with one attached hydrogen (secondary N) is 1. The van der Waals surface area contributed by atoms with Crippen LogP contribution in [-0.4, -0.2) is 52.1 Å². The Morgan fingerprint density at radius 2 is 2.19 bits per heavy atom. The molecule has 1 aliphatic rings. The van der Waals surface area contributed by atoms with Gasteiger partial charge in [0.25, 0.3) is 0 Å². The molecule has 118 valence electrons. The highest BCUT2D eigenvalue weighted by atomic mass is 35.5. The number of hydrogen-bond acceptors (Lipinski definition) is 4. The summed E-state index contributed by atoms with van der Waals surface area (Å²) in [7, 11) is -2.51. The molecule has 1 fully saturated rings. The van der Waals surface area contributed by atoms with Crippen LogP contribution < -0.4 is 5.32 Å². The second-order valence-electron chi connectivity index (χ2n) is 4.66. The molecule has 0 radical (unpaired) electrons. The van der Waals surface area contributed by atoms with Gasteiger partial charge < -0.3 is 10.1 Å². The van der Waals surface area contributed by atoms with Gasteiger partial charge in [0, 0.05) is 26.7 Å². The van der Waals surface area contributed by atoms with E-state index in [2.05, 4.69) is 5.32 Å². The van der Waals surface area contributed by atoms with Crippen molar-refractivity contribution in [3.63, 3.8) is 0 Å². The maximum Gasteiger partial charge on any atom is 0.244 e. The first kappa shape index (κ1) is 16.9. The van der Waals surface area contributed by atoms with Crippen LogP contribution in [0.4, 0.5) is 4.39 Å². The molecule has 21 heavy (non-hydrogen) atoms. The van der Waals surface area contributed by atoms with Gasteiger partial charge in [-0.25, -0.2) is 12.8 Å². The Kier molecular flexibility index (Phi) is 5.45. The molecule has 0 aromatic heterocycles. The summed E-state index contributed by atoms with van der Waals surface area (Å²) >= 11 is 11.3. The van der Waals surface area contributed by atoms with E-state index in [0.717, 1.165) is 10.8 Å². The van der Waals surface area contributed by atoms with E-state index in [0.29, 0.717) is 13.2 Å². The van der Waals surface area contributed by atoms with Gasteiger partial charge in [0.15, 0.2) is 5.82 Å². The number of sulfonamides is 1. The smallest absolute Gasteiger partial charge is 0.244 e. The van der Waals surface area contributed by atoms with Gasteiger partial charge in [-0.15, -0.1) is 0 Å². The summed E-state index contributed by atoms with van der Waals surface area (Å²) in [5.41, 5.74) is 0. The predicted octanol–water partition coefficient (Wildman–Crippen LogP) is 1.74. The Morgan fingerprint density at radius 1 is 1.48 bits per heavy atom. The number of hydrogen-bond donors (Lipinski definition) is 1. The summed E-state index contributed by atoms with van der Waals surface area (Å²) < 4.78 is 45.1. The lowest BCUT2D eigenvalue weighted by Crippen LogP contribution is -2.45. The van der Waals surface area contributed by atoms with Crippen LogP contribution >= 0.6 is 23.2 Å². The molecule has 2 rings (SSSR count). The summed E-state index contributed by atoms with van der Waals surface area (Å²) in [5, 5.41) is 2.39. The van der Waals surface area contributed by atoms with Crippen molar-refractivity contribution in [2.45, 2.75) is 11.0 Å². The molecule has 0 amide bonds. The summed E-state index contributed by atoms with van der Waals surface area (Å²) in [6, 6.07) is 2.36. The Hall–Kier alpha value is -0.440. The molecule has 1 atom stereocenters. The van der Waals surface area contributed by atoms with E-state index in [1.165, 1.54) is 19.2 Å². The number of nitrogens with zero attached hydrogens (tertiary/aromatic N) is 1. The minimum absolute atomic E-state index is 0.149. The molecule has 1 aliphatic heterocycles. The molecule has 1 heterocycles. The zero-order valence-electron chi connectivity index (χ0n) is 11.3. The van der Waals surface area contributed by atoms with Gasteiger partial charge >= 0.3 is 0 Å². The summed E-state index contributed by atoms with van der Waals surface area (Å²) in [5.74, 6) is -0.941. The number of morpholine rings is 1. The van der Waals surface area contributed by atoms with Crippen LogP contribution in [-0.2, 0) is 14.8 Å². The Bertz CT molecular complexity index is 621. The number of halogens is 3. The predicted molar refractivity (Wildman–Crippen MR) is 78.8 cm³/mol. The van der Waals surface area contributed by atoms with Crippen molar-refractivity contribution in [3.8, 4) is 0 Å². The van der Waals surface area contributed by atoms with E-state index in [-0.39, 0.29) is 22.6 Å². The van der Waals surface area contributed by atoms with Gasteiger partial charge in [-0.2, -0.15) is 4.31 Å². The fourth-order valence-electron chi connectivity index (χ4n) is 2.00. The number of benzene rings is 1. The van der Waals surface area contributed by atoms with Crippen LogP contribution in [0.2, 0.25) is 10.0 Å². The monoisotopic (exact) mass is 356 g/mol. The van der Waals surface area contributed by atoms with Gasteiger partial charge in [0.2, 0.25) is 10.0 Å². The normalized spacial score (nSPS) is 20.0. The highest BCUT2D eigenvalue weighted by molar-refractivity contribution is 7.89. The minimum Gasteiger partial charge on any atom is -0.374 e. The quantitative estimate of drug-likeness (QED) is 0.834. The van der Waals surface area contributed by atoms with Gasteiger partial charge in [0.05, 0.1) is 22.8 Å². The van der Waals surface area contributed by atoms with Gasteiger partial charge in [0.1, 0.15) is 4.90 Å². The summed E-state index contributed by atoms with van der Waals surface area (Å²) in [4.78, 5) is -0.308. The van der Waals surface area contributed by atoms with Gasteiger partial charge in [-0.1, -0.05) is 23.2 Å². The van der Waals surface area contributed by atoms with Crippen LogP contribution in [0.15, 0.2) is 17.0 Å². The first-order valence-electron chi connectivity index (χ1n) is 6.26. The molecule has 1 saturated heterocycles. The second kappa shape index (κ2) is 6.76. The molecule has 0 saturated carbocycles. The summed E-state index contributed by atoms with van der Waals surface area (Å²) in [6.45, 7) is 1.97. The van der Waals surface area contributed by atoms with Gasteiger partial charge in [-0.05, 0) is 12.1 Å². The van der Waals surface area contributed by atoms with Gasteiger partial charge in [-0.3, -0.25) is 0 Å². The van der Waals surface area contributed by atoms with Crippen molar-refractivity contribution in [1.29, 1.82) is 0 Å². The minimum atomic E-state index is -3.91. The lowest BCUT2D eigenvalue weighted by atomic mass is 10.3. The van der Waals surface area contributed by atoms with Crippen molar-refractivity contribution >= 4 is 33.2 Å². The third-order valence-corrected chi connectivity index (χ3v) is 5.79. The second-order valence-corrected chi connectivity index (χ2v) is 7.45. The standard InChI is InChI=1S/C12H15Cl2FN2O3S/c1-17(7-8-6-16-4-5-20-8)21(18,19)10-3-2-9(13)12(15)11(10)14/h2-3,8,16H,4-7H2,1H3. The third kappa shape index (κ3) is 3.67. The van der Waals surface area contributed by atoms with Crippen LogP contribution in [0, 0.1) is 5.82 Å². The first-order chi connectivity index (χ1) is 9.84. The molecular formula is C12H15Cl2FN2O3S. The van der Waals surface area contributed by atoms with Crippen molar-refractivity contribution in [2.24, 2.45) is 0 Å². The van der Waals surface area contributed by atoms with Crippen LogP contribution in [0.25, 0.3) is 0 Å². The Morgan fingerprint density at radius 3 is 2.81 bits per heavy atom. The summed E-state index contributed by atoms with van der Waals surface area (Å²) in [6.07, 6.45) is -0.255. The fraction of sp³-hybridized carbons (Fsp3) is 0.500. The molecule has 1 N–H and O–H groups in total. The third-order valence-electron chi connectivity index (χ3n) is 3.15. The van der Waals surface area contributed by atoms with Crippen LogP contribution in [0.5, 0.6) is 0 Å².